The van der Waals surface area contributed by atoms with E-state index in [2.05, 4.69) is 37.0 Å². The average molecular weight is 245 g/mol. The van der Waals surface area contributed by atoms with Crippen LogP contribution in [0, 0.1) is 0 Å². The molecule has 0 amide bonds. The predicted molar refractivity (Wildman–Crippen MR) is 71.2 cm³/mol. The van der Waals surface area contributed by atoms with E-state index >= 15 is 0 Å². The Kier molecular flexibility index (Phi) is 3.48. The Hall–Kier alpha value is -1.68. The van der Waals surface area contributed by atoms with Gasteiger partial charge in [0.15, 0.2) is 5.82 Å². The number of nitrogens with two attached hydrogens (primary N) is 1. The van der Waals surface area contributed by atoms with Gasteiger partial charge in [-0.25, -0.2) is 0 Å². The van der Waals surface area contributed by atoms with Crippen molar-refractivity contribution in [3.05, 3.63) is 35.7 Å². The summed E-state index contributed by atoms with van der Waals surface area (Å²) in [5, 5.41) is 3.94. The molecule has 2 N–H and O–H groups in total. The Morgan fingerprint density at radius 3 is 2.61 bits per heavy atom. The van der Waals surface area contributed by atoms with E-state index in [0.29, 0.717) is 24.7 Å². The minimum absolute atomic E-state index is 0.0408. The highest BCUT2D eigenvalue weighted by atomic mass is 16.5. The van der Waals surface area contributed by atoms with Gasteiger partial charge in [-0.1, -0.05) is 44.1 Å². The van der Waals surface area contributed by atoms with Crippen molar-refractivity contribution in [1.29, 1.82) is 0 Å². The first kappa shape index (κ1) is 12.8. The van der Waals surface area contributed by atoms with Crippen molar-refractivity contribution < 1.29 is 4.52 Å². The zero-order valence-electron chi connectivity index (χ0n) is 11.1. The molecule has 0 saturated heterocycles. The fourth-order valence-electron chi connectivity index (χ4n) is 1.92. The highest BCUT2D eigenvalue weighted by Crippen LogP contribution is 2.31. The van der Waals surface area contributed by atoms with Crippen LogP contribution in [0.25, 0.3) is 11.5 Å². The van der Waals surface area contributed by atoms with E-state index < -0.39 is 0 Å². The van der Waals surface area contributed by atoms with Crippen LogP contribution in [0.2, 0.25) is 0 Å². The molecule has 0 atom stereocenters. The van der Waals surface area contributed by atoms with Crippen molar-refractivity contribution in [2.45, 2.75) is 32.6 Å². The number of hydrogen-bond acceptors (Lipinski definition) is 4. The summed E-state index contributed by atoms with van der Waals surface area (Å²) in [6, 6.07) is 8.13. The summed E-state index contributed by atoms with van der Waals surface area (Å²) in [5.74, 6) is 1.24. The molecule has 0 bridgehead atoms. The summed E-state index contributed by atoms with van der Waals surface area (Å²) >= 11 is 0. The van der Waals surface area contributed by atoms with Crippen LogP contribution < -0.4 is 5.73 Å². The van der Waals surface area contributed by atoms with Gasteiger partial charge in [0.25, 0.3) is 5.89 Å². The molecule has 0 aliphatic carbocycles. The zero-order chi connectivity index (χ0) is 13.2. The van der Waals surface area contributed by atoms with Crippen molar-refractivity contribution in [3.63, 3.8) is 0 Å². The average Bonchev–Trinajstić information content (AvgIpc) is 2.77. The summed E-state index contributed by atoms with van der Waals surface area (Å²) in [4.78, 5) is 4.39. The predicted octanol–water partition coefficient (Wildman–Crippen LogP) is 2.54. The molecular weight excluding hydrogens is 226 g/mol. The van der Waals surface area contributed by atoms with Gasteiger partial charge in [-0.3, -0.25) is 0 Å². The van der Waals surface area contributed by atoms with Crippen LogP contribution in [0.4, 0.5) is 0 Å². The van der Waals surface area contributed by atoms with E-state index in [9.17, 15) is 0 Å². The van der Waals surface area contributed by atoms with Crippen LogP contribution in [0.15, 0.2) is 28.8 Å². The van der Waals surface area contributed by atoms with E-state index in [1.54, 1.807) is 0 Å². The van der Waals surface area contributed by atoms with E-state index in [0.717, 1.165) is 5.56 Å². The van der Waals surface area contributed by atoms with Gasteiger partial charge in [-0.2, -0.15) is 4.98 Å². The molecule has 1 aromatic heterocycles. The van der Waals surface area contributed by atoms with Crippen molar-refractivity contribution >= 4 is 0 Å². The molecule has 0 aliphatic rings. The molecule has 0 saturated carbocycles. The monoisotopic (exact) mass is 245 g/mol. The lowest BCUT2D eigenvalue weighted by Gasteiger charge is -2.21. The van der Waals surface area contributed by atoms with Gasteiger partial charge >= 0.3 is 0 Å². The Balaban J connectivity index is 2.43. The maximum atomic E-state index is 5.49. The second-order valence-electron chi connectivity index (χ2n) is 5.35. The summed E-state index contributed by atoms with van der Waals surface area (Å²) in [5.41, 5.74) is 7.73. The molecule has 0 aliphatic heterocycles. The number of aromatic nitrogens is 2. The standard InChI is InChI=1S/C14H19N3O/c1-14(2,3)11-7-5-4-6-10(11)13-16-12(8-9-15)17-18-13/h4-7H,8-9,15H2,1-3H3. The maximum Gasteiger partial charge on any atom is 0.258 e. The summed E-state index contributed by atoms with van der Waals surface area (Å²) < 4.78 is 5.32. The third kappa shape index (κ3) is 2.59. The topological polar surface area (TPSA) is 64.9 Å². The third-order valence-corrected chi connectivity index (χ3v) is 2.80. The van der Waals surface area contributed by atoms with Crippen molar-refractivity contribution in [2.24, 2.45) is 5.73 Å². The van der Waals surface area contributed by atoms with E-state index in [1.165, 1.54) is 5.56 Å². The molecule has 0 spiro atoms. The van der Waals surface area contributed by atoms with Gasteiger partial charge in [0, 0.05) is 12.0 Å². The molecule has 0 fully saturated rings. The lowest BCUT2D eigenvalue weighted by Crippen LogP contribution is -2.12. The van der Waals surface area contributed by atoms with Crippen LogP contribution in [0.5, 0.6) is 0 Å². The Morgan fingerprint density at radius 1 is 1.22 bits per heavy atom. The molecule has 0 unspecified atom stereocenters. The third-order valence-electron chi connectivity index (χ3n) is 2.80. The molecule has 4 heteroatoms. The van der Waals surface area contributed by atoms with Gasteiger partial charge < -0.3 is 10.3 Å². The Labute approximate surface area is 107 Å². The molecule has 2 aromatic rings. The van der Waals surface area contributed by atoms with Crippen molar-refractivity contribution in [1.82, 2.24) is 10.1 Å². The fraction of sp³-hybridized carbons (Fsp3) is 0.429. The molecule has 1 heterocycles. The number of hydrogen-bond donors (Lipinski definition) is 1. The second kappa shape index (κ2) is 4.90. The zero-order valence-corrected chi connectivity index (χ0v) is 11.1. The Bertz CT molecular complexity index is 526. The maximum absolute atomic E-state index is 5.49. The van der Waals surface area contributed by atoms with E-state index in [1.807, 2.05) is 18.2 Å². The van der Waals surface area contributed by atoms with Gasteiger partial charge in [0.05, 0.1) is 0 Å². The Morgan fingerprint density at radius 2 is 1.94 bits per heavy atom. The molecule has 2 rings (SSSR count). The summed E-state index contributed by atoms with van der Waals surface area (Å²) in [7, 11) is 0. The summed E-state index contributed by atoms with van der Waals surface area (Å²) in [6.07, 6.45) is 0.640. The van der Waals surface area contributed by atoms with Crippen molar-refractivity contribution in [2.75, 3.05) is 6.54 Å². The van der Waals surface area contributed by atoms with Gasteiger partial charge in [-0.15, -0.1) is 0 Å². The largest absolute Gasteiger partial charge is 0.334 e. The lowest BCUT2D eigenvalue weighted by molar-refractivity contribution is 0.421. The van der Waals surface area contributed by atoms with Crippen molar-refractivity contribution in [3.8, 4) is 11.5 Å². The van der Waals surface area contributed by atoms with Crippen LogP contribution in [-0.4, -0.2) is 16.7 Å². The molecular formula is C14H19N3O. The number of benzene rings is 1. The SMILES string of the molecule is CC(C)(C)c1ccccc1-c1nc(CCN)no1. The van der Waals surface area contributed by atoms with E-state index in [-0.39, 0.29) is 5.41 Å². The molecule has 18 heavy (non-hydrogen) atoms. The molecule has 1 aromatic carbocycles. The summed E-state index contributed by atoms with van der Waals surface area (Å²) in [6.45, 7) is 7.04. The number of rotatable bonds is 3. The fourth-order valence-corrected chi connectivity index (χ4v) is 1.92. The molecule has 96 valence electrons. The van der Waals surface area contributed by atoms with Crippen LogP contribution in [-0.2, 0) is 11.8 Å². The lowest BCUT2D eigenvalue weighted by atomic mass is 9.84. The quantitative estimate of drug-likeness (QED) is 0.902. The highest BCUT2D eigenvalue weighted by molar-refractivity contribution is 5.60. The van der Waals surface area contributed by atoms with Crippen LogP contribution >= 0.6 is 0 Å². The smallest absolute Gasteiger partial charge is 0.258 e. The van der Waals surface area contributed by atoms with Gasteiger partial charge in [0.1, 0.15) is 0 Å². The minimum Gasteiger partial charge on any atom is -0.334 e. The normalized spacial score (nSPS) is 11.8. The second-order valence-corrected chi connectivity index (χ2v) is 5.35. The van der Waals surface area contributed by atoms with Gasteiger partial charge in [0.2, 0.25) is 0 Å². The van der Waals surface area contributed by atoms with Crippen LogP contribution in [0.3, 0.4) is 0 Å². The molecule has 4 nitrogen and oxygen atoms in total. The van der Waals surface area contributed by atoms with Gasteiger partial charge in [-0.05, 0) is 23.6 Å². The highest BCUT2D eigenvalue weighted by Gasteiger charge is 2.21. The first-order chi connectivity index (χ1) is 8.52. The number of nitrogens with zero attached hydrogens (tertiary/aromatic N) is 2. The minimum atomic E-state index is 0.0408. The molecule has 0 radical (unpaired) electrons. The first-order valence-corrected chi connectivity index (χ1v) is 6.15. The first-order valence-electron chi connectivity index (χ1n) is 6.15. The van der Waals surface area contributed by atoms with E-state index in [4.69, 9.17) is 10.3 Å². The van der Waals surface area contributed by atoms with Crippen LogP contribution in [0.1, 0.15) is 32.2 Å².